The van der Waals surface area contributed by atoms with E-state index in [0.29, 0.717) is 5.91 Å². The zero-order valence-corrected chi connectivity index (χ0v) is 10.8. The molecule has 94 valence electrons. The van der Waals surface area contributed by atoms with Gasteiger partial charge in [0.05, 0.1) is 0 Å². The topological polar surface area (TPSA) is 46.3 Å². The molecule has 3 nitrogen and oxygen atoms in total. The number of hydrogen-bond acceptors (Lipinski definition) is 2. The van der Waals surface area contributed by atoms with Crippen LogP contribution in [0.2, 0.25) is 0 Å². The average Bonchev–Trinajstić information content (AvgIpc) is 2.44. The summed E-state index contributed by atoms with van der Waals surface area (Å²) in [5.74, 6) is 0.350. The summed E-state index contributed by atoms with van der Waals surface area (Å²) in [6.45, 7) is 6.99. The van der Waals surface area contributed by atoms with Crippen LogP contribution in [0, 0.1) is 5.41 Å². The van der Waals surface area contributed by atoms with Gasteiger partial charge in [0.1, 0.15) is 0 Å². The van der Waals surface area contributed by atoms with E-state index in [2.05, 4.69) is 13.8 Å². The molecule has 2 N–H and O–H groups in total. The lowest BCUT2D eigenvalue weighted by atomic mass is 9.88. The van der Waals surface area contributed by atoms with E-state index in [1.165, 1.54) is 12.8 Å². The molecule has 0 radical (unpaired) electrons. The van der Waals surface area contributed by atoms with Crippen LogP contribution >= 0.6 is 0 Å². The van der Waals surface area contributed by atoms with Gasteiger partial charge in [0, 0.05) is 19.5 Å². The van der Waals surface area contributed by atoms with Crippen LogP contribution in [0.15, 0.2) is 0 Å². The Hall–Kier alpha value is -0.570. The average molecular weight is 226 g/mol. The first-order valence-electron chi connectivity index (χ1n) is 6.53. The van der Waals surface area contributed by atoms with E-state index in [9.17, 15) is 4.79 Å². The van der Waals surface area contributed by atoms with Crippen molar-refractivity contribution in [2.75, 3.05) is 19.6 Å². The van der Waals surface area contributed by atoms with Crippen LogP contribution in [-0.2, 0) is 4.79 Å². The summed E-state index contributed by atoms with van der Waals surface area (Å²) in [6, 6.07) is 0. The van der Waals surface area contributed by atoms with Gasteiger partial charge in [-0.3, -0.25) is 4.79 Å². The number of hydrogen-bond donors (Lipinski definition) is 1. The van der Waals surface area contributed by atoms with Crippen LogP contribution in [0.5, 0.6) is 0 Å². The zero-order valence-electron chi connectivity index (χ0n) is 10.8. The number of amides is 1. The molecule has 0 saturated carbocycles. The van der Waals surface area contributed by atoms with Gasteiger partial charge in [0.15, 0.2) is 0 Å². The predicted octanol–water partition coefficient (Wildman–Crippen LogP) is 2.15. The molecular weight excluding hydrogens is 200 g/mol. The van der Waals surface area contributed by atoms with Crippen molar-refractivity contribution in [3.05, 3.63) is 0 Å². The van der Waals surface area contributed by atoms with E-state index in [0.717, 1.165) is 45.3 Å². The third-order valence-corrected chi connectivity index (χ3v) is 3.51. The fourth-order valence-corrected chi connectivity index (χ4v) is 2.13. The minimum atomic E-state index is 0.217. The number of nitrogens with two attached hydrogens (primary N) is 1. The minimum absolute atomic E-state index is 0.217. The van der Waals surface area contributed by atoms with Crippen LogP contribution in [0.4, 0.5) is 0 Å². The van der Waals surface area contributed by atoms with Gasteiger partial charge in [0.2, 0.25) is 5.91 Å². The van der Waals surface area contributed by atoms with Gasteiger partial charge in [-0.2, -0.15) is 0 Å². The second-order valence-electron chi connectivity index (χ2n) is 5.66. The summed E-state index contributed by atoms with van der Waals surface area (Å²) in [6.07, 6.45) is 6.38. The minimum Gasteiger partial charge on any atom is -0.343 e. The fourth-order valence-electron chi connectivity index (χ4n) is 2.13. The SMILES string of the molecule is CC(C)(CN)CCCN1CCCCCC1=O. The number of nitrogens with zero attached hydrogens (tertiary/aromatic N) is 1. The van der Waals surface area contributed by atoms with E-state index in [1.54, 1.807) is 0 Å². The van der Waals surface area contributed by atoms with Crippen molar-refractivity contribution in [3.8, 4) is 0 Å². The molecule has 0 aliphatic carbocycles. The van der Waals surface area contributed by atoms with Crippen molar-refractivity contribution >= 4 is 5.91 Å². The Labute approximate surface area is 99.4 Å². The molecule has 1 rings (SSSR count). The molecule has 0 spiro atoms. The lowest BCUT2D eigenvalue weighted by Gasteiger charge is -2.25. The second kappa shape index (κ2) is 6.24. The first-order valence-corrected chi connectivity index (χ1v) is 6.53. The molecule has 0 aromatic rings. The second-order valence-corrected chi connectivity index (χ2v) is 5.66. The van der Waals surface area contributed by atoms with Crippen molar-refractivity contribution in [1.82, 2.24) is 4.90 Å². The highest BCUT2D eigenvalue weighted by atomic mass is 16.2. The Morgan fingerprint density at radius 2 is 2.06 bits per heavy atom. The molecule has 0 aromatic carbocycles. The van der Waals surface area contributed by atoms with Crippen molar-refractivity contribution in [1.29, 1.82) is 0 Å². The van der Waals surface area contributed by atoms with Crippen LogP contribution in [0.1, 0.15) is 52.4 Å². The molecule has 1 aliphatic rings. The Morgan fingerprint density at radius 3 is 2.75 bits per heavy atom. The van der Waals surface area contributed by atoms with Gasteiger partial charge in [-0.1, -0.05) is 20.3 Å². The molecule has 0 unspecified atom stereocenters. The Kier molecular flexibility index (Phi) is 5.26. The highest BCUT2D eigenvalue weighted by molar-refractivity contribution is 5.76. The van der Waals surface area contributed by atoms with Crippen LogP contribution in [0.3, 0.4) is 0 Å². The molecule has 1 aliphatic heterocycles. The monoisotopic (exact) mass is 226 g/mol. The summed E-state index contributed by atoms with van der Waals surface area (Å²) in [4.78, 5) is 13.8. The largest absolute Gasteiger partial charge is 0.343 e. The number of rotatable bonds is 5. The van der Waals surface area contributed by atoms with Gasteiger partial charge in [-0.05, 0) is 37.6 Å². The van der Waals surface area contributed by atoms with E-state index >= 15 is 0 Å². The summed E-state index contributed by atoms with van der Waals surface area (Å²) < 4.78 is 0. The maximum atomic E-state index is 11.7. The highest BCUT2D eigenvalue weighted by Gasteiger charge is 2.19. The molecule has 1 heterocycles. The van der Waals surface area contributed by atoms with Crippen LogP contribution < -0.4 is 5.73 Å². The van der Waals surface area contributed by atoms with Crippen molar-refractivity contribution < 1.29 is 4.79 Å². The van der Waals surface area contributed by atoms with Gasteiger partial charge in [0.25, 0.3) is 0 Å². The summed E-state index contributed by atoms with van der Waals surface area (Å²) in [5.41, 5.74) is 5.91. The maximum absolute atomic E-state index is 11.7. The molecule has 0 bridgehead atoms. The van der Waals surface area contributed by atoms with Crippen molar-refractivity contribution in [2.45, 2.75) is 52.4 Å². The van der Waals surface area contributed by atoms with Gasteiger partial charge in [-0.15, -0.1) is 0 Å². The Bertz CT molecular complexity index is 226. The summed E-state index contributed by atoms with van der Waals surface area (Å²) >= 11 is 0. The summed E-state index contributed by atoms with van der Waals surface area (Å²) in [7, 11) is 0. The molecule has 1 saturated heterocycles. The Morgan fingerprint density at radius 1 is 1.31 bits per heavy atom. The third kappa shape index (κ3) is 4.52. The first kappa shape index (κ1) is 13.5. The third-order valence-electron chi connectivity index (χ3n) is 3.51. The fraction of sp³-hybridized carbons (Fsp3) is 0.923. The van der Waals surface area contributed by atoms with Crippen molar-refractivity contribution in [2.24, 2.45) is 11.1 Å². The molecule has 0 atom stereocenters. The van der Waals surface area contributed by atoms with Crippen molar-refractivity contribution in [3.63, 3.8) is 0 Å². The highest BCUT2D eigenvalue weighted by Crippen LogP contribution is 2.21. The van der Waals surface area contributed by atoms with E-state index in [-0.39, 0.29) is 5.41 Å². The number of carbonyl (C=O) groups excluding carboxylic acids is 1. The van der Waals surface area contributed by atoms with Gasteiger partial charge < -0.3 is 10.6 Å². The molecular formula is C13H26N2O. The number of likely N-dealkylation sites (tertiary alicyclic amines) is 1. The van der Waals surface area contributed by atoms with Gasteiger partial charge >= 0.3 is 0 Å². The molecule has 1 amide bonds. The van der Waals surface area contributed by atoms with Gasteiger partial charge in [-0.25, -0.2) is 0 Å². The summed E-state index contributed by atoms with van der Waals surface area (Å²) in [5, 5.41) is 0. The first-order chi connectivity index (χ1) is 7.55. The van der Waals surface area contributed by atoms with E-state index in [4.69, 9.17) is 5.73 Å². The van der Waals surface area contributed by atoms with E-state index in [1.807, 2.05) is 4.90 Å². The normalized spacial score (nSPS) is 18.7. The molecule has 0 aromatic heterocycles. The quantitative estimate of drug-likeness (QED) is 0.781. The molecule has 3 heteroatoms. The van der Waals surface area contributed by atoms with E-state index < -0.39 is 0 Å². The lowest BCUT2D eigenvalue weighted by molar-refractivity contribution is -0.130. The maximum Gasteiger partial charge on any atom is 0.222 e. The lowest BCUT2D eigenvalue weighted by Crippen LogP contribution is -2.32. The standard InChI is InChI=1S/C13H26N2O/c1-13(2,11-14)8-6-10-15-9-5-3-4-7-12(15)16/h3-11,14H2,1-2H3. The number of carbonyl (C=O) groups is 1. The smallest absolute Gasteiger partial charge is 0.222 e. The Balaban J connectivity index is 2.28. The molecule has 1 fully saturated rings. The zero-order chi connectivity index (χ0) is 12.0. The molecule has 16 heavy (non-hydrogen) atoms. The van der Waals surface area contributed by atoms with Crippen LogP contribution in [0.25, 0.3) is 0 Å². The predicted molar refractivity (Wildman–Crippen MR) is 67.1 cm³/mol. The van der Waals surface area contributed by atoms with Crippen LogP contribution in [-0.4, -0.2) is 30.4 Å².